The molecule has 3 aromatic carbocycles. The number of rotatable bonds is 9. The van der Waals surface area contributed by atoms with E-state index in [0.29, 0.717) is 49.9 Å². The Morgan fingerprint density at radius 1 is 0.892 bits per heavy atom. The third-order valence-corrected chi connectivity index (χ3v) is 6.42. The van der Waals surface area contributed by atoms with Crippen LogP contribution in [0.2, 0.25) is 0 Å². The Morgan fingerprint density at radius 2 is 1.54 bits per heavy atom. The lowest BCUT2D eigenvalue weighted by atomic mass is 10.1. The Kier molecular flexibility index (Phi) is 7.62. The standard InChI is InChI=1S/C28H29FN4O4/c29-22-2-6-24(7-3-22)36-17-18-37-25-8-4-23(5-9-25)33-20-30-26-19-21(1-10-27(26)33)28(35)32-13-11-31(12-14-32)15-16-34/h1-10,19-20,34H,11-18H2. The van der Waals surface area contributed by atoms with E-state index in [4.69, 9.17) is 14.6 Å². The summed E-state index contributed by atoms with van der Waals surface area (Å²) >= 11 is 0. The number of hydrogen-bond acceptors (Lipinski definition) is 6. The molecular weight excluding hydrogens is 475 g/mol. The fraction of sp³-hybridized carbons (Fsp3) is 0.286. The van der Waals surface area contributed by atoms with Crippen LogP contribution in [0, 0.1) is 5.82 Å². The van der Waals surface area contributed by atoms with Crippen molar-refractivity contribution in [3.05, 3.63) is 84.4 Å². The molecule has 4 aromatic rings. The Hall–Kier alpha value is -3.95. The number of carbonyl (C=O) groups excluding carboxylic acids is 1. The summed E-state index contributed by atoms with van der Waals surface area (Å²) in [6.07, 6.45) is 1.75. The summed E-state index contributed by atoms with van der Waals surface area (Å²) in [5, 5.41) is 9.11. The van der Waals surface area contributed by atoms with Gasteiger partial charge >= 0.3 is 0 Å². The summed E-state index contributed by atoms with van der Waals surface area (Å²) in [4.78, 5) is 21.5. The maximum absolute atomic E-state index is 13.0. The van der Waals surface area contributed by atoms with Gasteiger partial charge in [-0.25, -0.2) is 9.37 Å². The van der Waals surface area contributed by atoms with Crippen LogP contribution in [-0.4, -0.2) is 82.9 Å². The van der Waals surface area contributed by atoms with Gasteiger partial charge in [-0.1, -0.05) is 0 Å². The second kappa shape index (κ2) is 11.4. The highest BCUT2D eigenvalue weighted by Crippen LogP contribution is 2.22. The zero-order valence-corrected chi connectivity index (χ0v) is 20.4. The number of aliphatic hydroxyl groups is 1. The van der Waals surface area contributed by atoms with E-state index >= 15 is 0 Å². The van der Waals surface area contributed by atoms with E-state index in [2.05, 4.69) is 9.88 Å². The van der Waals surface area contributed by atoms with Gasteiger partial charge in [0.15, 0.2) is 0 Å². The zero-order valence-electron chi connectivity index (χ0n) is 20.4. The van der Waals surface area contributed by atoms with Crippen molar-refractivity contribution >= 4 is 16.9 Å². The minimum Gasteiger partial charge on any atom is -0.490 e. The molecule has 0 atom stereocenters. The average Bonchev–Trinajstić information content (AvgIpc) is 3.36. The minimum absolute atomic E-state index is 0.00464. The first-order valence-corrected chi connectivity index (χ1v) is 12.3. The summed E-state index contributed by atoms with van der Waals surface area (Å²) in [5.41, 5.74) is 3.21. The van der Waals surface area contributed by atoms with E-state index in [0.717, 1.165) is 29.8 Å². The molecule has 8 nitrogen and oxygen atoms in total. The van der Waals surface area contributed by atoms with E-state index in [1.54, 1.807) is 18.5 Å². The third-order valence-electron chi connectivity index (χ3n) is 6.42. The van der Waals surface area contributed by atoms with Crippen LogP contribution in [0.25, 0.3) is 16.7 Å². The average molecular weight is 505 g/mol. The number of carbonyl (C=O) groups is 1. The van der Waals surface area contributed by atoms with E-state index in [1.165, 1.54) is 12.1 Å². The van der Waals surface area contributed by atoms with Crippen LogP contribution in [-0.2, 0) is 0 Å². The highest BCUT2D eigenvalue weighted by molar-refractivity contribution is 5.97. The number of aliphatic hydroxyl groups excluding tert-OH is 1. The van der Waals surface area contributed by atoms with Crippen LogP contribution in [0.4, 0.5) is 4.39 Å². The first-order chi connectivity index (χ1) is 18.1. The van der Waals surface area contributed by atoms with Gasteiger partial charge in [0.05, 0.1) is 17.6 Å². The molecule has 0 radical (unpaired) electrons. The molecule has 1 amide bonds. The monoisotopic (exact) mass is 504 g/mol. The lowest BCUT2D eigenvalue weighted by Gasteiger charge is -2.34. The quantitative estimate of drug-likeness (QED) is 0.352. The lowest BCUT2D eigenvalue weighted by Crippen LogP contribution is -2.49. The zero-order chi connectivity index (χ0) is 25.6. The SMILES string of the molecule is O=C(c1ccc2c(c1)ncn2-c1ccc(OCCOc2ccc(F)cc2)cc1)N1CCN(CCO)CC1. The molecule has 0 saturated carbocycles. The van der Waals surface area contributed by atoms with E-state index in [-0.39, 0.29) is 18.3 Å². The van der Waals surface area contributed by atoms with Crippen molar-refractivity contribution in [3.8, 4) is 17.2 Å². The molecule has 1 fully saturated rings. The van der Waals surface area contributed by atoms with E-state index in [9.17, 15) is 9.18 Å². The molecule has 37 heavy (non-hydrogen) atoms. The maximum Gasteiger partial charge on any atom is 0.254 e. The minimum atomic E-state index is -0.298. The second-order valence-corrected chi connectivity index (χ2v) is 8.82. The van der Waals surface area contributed by atoms with Gasteiger partial charge in [-0.3, -0.25) is 14.3 Å². The molecule has 5 rings (SSSR count). The number of benzene rings is 3. The van der Waals surface area contributed by atoms with E-state index < -0.39 is 0 Å². The smallest absolute Gasteiger partial charge is 0.254 e. The van der Waals surface area contributed by atoms with Crippen LogP contribution < -0.4 is 9.47 Å². The van der Waals surface area contributed by atoms with Gasteiger partial charge in [-0.2, -0.15) is 0 Å². The summed E-state index contributed by atoms with van der Waals surface area (Å²) in [6.45, 7) is 4.32. The van der Waals surface area contributed by atoms with Crippen LogP contribution in [0.15, 0.2) is 73.1 Å². The van der Waals surface area contributed by atoms with Gasteiger partial charge in [0.2, 0.25) is 0 Å². The fourth-order valence-electron chi connectivity index (χ4n) is 4.40. The van der Waals surface area contributed by atoms with Crippen LogP contribution in [0.5, 0.6) is 11.5 Å². The first kappa shape index (κ1) is 24.7. The maximum atomic E-state index is 13.0. The number of aromatic nitrogens is 2. The highest BCUT2D eigenvalue weighted by atomic mass is 19.1. The predicted octanol–water partition coefficient (Wildman–Crippen LogP) is 3.37. The van der Waals surface area contributed by atoms with Crippen molar-refractivity contribution in [2.45, 2.75) is 0 Å². The molecule has 0 bridgehead atoms. The number of ether oxygens (including phenoxy) is 2. The van der Waals surface area contributed by atoms with Crippen LogP contribution >= 0.6 is 0 Å². The molecule has 192 valence electrons. The molecule has 2 heterocycles. The molecule has 1 saturated heterocycles. The molecule has 1 aliphatic rings. The molecule has 0 unspecified atom stereocenters. The summed E-state index contributed by atoms with van der Waals surface area (Å²) < 4.78 is 26.2. The fourth-order valence-corrected chi connectivity index (χ4v) is 4.40. The normalized spacial score (nSPS) is 14.2. The highest BCUT2D eigenvalue weighted by Gasteiger charge is 2.22. The van der Waals surface area contributed by atoms with Gasteiger partial charge in [-0.05, 0) is 66.7 Å². The van der Waals surface area contributed by atoms with Crippen molar-refractivity contribution in [3.63, 3.8) is 0 Å². The Labute approximate surface area is 214 Å². The van der Waals surface area contributed by atoms with Crippen LogP contribution in [0.1, 0.15) is 10.4 Å². The summed E-state index contributed by atoms with van der Waals surface area (Å²) in [7, 11) is 0. The third kappa shape index (κ3) is 5.90. The van der Waals surface area contributed by atoms with E-state index in [1.807, 2.05) is 51.9 Å². The van der Waals surface area contributed by atoms with Crippen molar-refractivity contribution in [2.24, 2.45) is 0 Å². The second-order valence-electron chi connectivity index (χ2n) is 8.82. The number of piperazine rings is 1. The van der Waals surface area contributed by atoms with Crippen molar-refractivity contribution in [2.75, 3.05) is 52.5 Å². The lowest BCUT2D eigenvalue weighted by molar-refractivity contribution is 0.0615. The number of halogens is 1. The Morgan fingerprint density at radius 3 is 2.19 bits per heavy atom. The molecule has 9 heteroatoms. The first-order valence-electron chi connectivity index (χ1n) is 12.3. The summed E-state index contributed by atoms with van der Waals surface area (Å²) in [5.74, 6) is 1.01. The van der Waals surface area contributed by atoms with Crippen molar-refractivity contribution < 1.29 is 23.8 Å². The molecule has 1 aromatic heterocycles. The Bertz CT molecular complexity index is 1330. The van der Waals surface area contributed by atoms with Gasteiger partial charge in [-0.15, -0.1) is 0 Å². The number of amides is 1. The van der Waals surface area contributed by atoms with Crippen LogP contribution in [0.3, 0.4) is 0 Å². The number of β-amino-alcohol motifs (C(OH)–C–C–N with tert-alkyl or cyclic N) is 1. The summed E-state index contributed by atoms with van der Waals surface area (Å²) in [6, 6.07) is 19.2. The van der Waals surface area contributed by atoms with Gasteiger partial charge < -0.3 is 19.5 Å². The number of fused-ring (bicyclic) bond motifs is 1. The van der Waals surface area contributed by atoms with Gasteiger partial charge in [0.25, 0.3) is 5.91 Å². The van der Waals surface area contributed by atoms with Crippen molar-refractivity contribution in [1.29, 1.82) is 0 Å². The molecule has 1 N–H and O–H groups in total. The molecule has 0 spiro atoms. The number of hydrogen-bond donors (Lipinski definition) is 1. The largest absolute Gasteiger partial charge is 0.490 e. The van der Waals surface area contributed by atoms with Gasteiger partial charge in [0.1, 0.15) is 36.9 Å². The predicted molar refractivity (Wildman–Crippen MR) is 138 cm³/mol. The topological polar surface area (TPSA) is 80.1 Å². The Balaban J connectivity index is 1.18. The molecular formula is C28H29FN4O4. The number of imidazole rings is 1. The van der Waals surface area contributed by atoms with Crippen molar-refractivity contribution in [1.82, 2.24) is 19.4 Å². The van der Waals surface area contributed by atoms with Gasteiger partial charge in [0, 0.05) is 44.0 Å². The molecule has 0 aliphatic carbocycles. The number of nitrogens with zero attached hydrogens (tertiary/aromatic N) is 4. The molecule has 1 aliphatic heterocycles.